The molecule has 0 saturated heterocycles. The van der Waals surface area contributed by atoms with Crippen LogP contribution in [0, 0.1) is 5.41 Å². The lowest BCUT2D eigenvalue weighted by molar-refractivity contribution is -0.0270. The Morgan fingerprint density at radius 1 is 1.25 bits per heavy atom. The van der Waals surface area contributed by atoms with Crippen LogP contribution in [-0.2, 0) is 0 Å². The van der Waals surface area contributed by atoms with E-state index in [2.05, 4.69) is 15.3 Å². The van der Waals surface area contributed by atoms with Crippen molar-refractivity contribution < 1.29 is 5.11 Å². The number of rotatable bonds is 4. The summed E-state index contributed by atoms with van der Waals surface area (Å²) in [7, 11) is 0. The van der Waals surface area contributed by atoms with Crippen molar-refractivity contribution in [1.82, 2.24) is 9.97 Å². The molecule has 0 spiro atoms. The van der Waals surface area contributed by atoms with E-state index in [9.17, 15) is 5.11 Å². The molecule has 0 aliphatic carbocycles. The topological polar surface area (TPSA) is 84.1 Å². The minimum absolute atomic E-state index is 0.250. The van der Waals surface area contributed by atoms with Gasteiger partial charge in [0.1, 0.15) is 0 Å². The molecule has 1 heterocycles. The van der Waals surface area contributed by atoms with E-state index in [-0.39, 0.29) is 11.4 Å². The molecular weight excluding hydrogens is 252 g/mol. The largest absolute Gasteiger partial charge is 0.390 e. The van der Waals surface area contributed by atoms with Gasteiger partial charge >= 0.3 is 0 Å². The first-order valence-electron chi connectivity index (χ1n) is 6.68. The van der Waals surface area contributed by atoms with Crippen LogP contribution in [0.15, 0.2) is 24.4 Å². The number of nitrogen functional groups attached to an aromatic ring is 1. The molecule has 2 aromatic rings. The van der Waals surface area contributed by atoms with Crippen LogP contribution in [0.25, 0.3) is 10.9 Å². The zero-order valence-corrected chi connectivity index (χ0v) is 12.4. The fraction of sp³-hybridized carbons (Fsp3) is 0.467. The average molecular weight is 274 g/mol. The van der Waals surface area contributed by atoms with Crippen molar-refractivity contribution in [1.29, 1.82) is 0 Å². The minimum Gasteiger partial charge on any atom is -0.390 e. The number of nitrogens with two attached hydrogens (primary N) is 1. The zero-order valence-electron chi connectivity index (χ0n) is 12.4. The maximum atomic E-state index is 10.2. The van der Waals surface area contributed by atoms with Crippen molar-refractivity contribution in [3.05, 3.63) is 24.4 Å². The number of benzene rings is 1. The van der Waals surface area contributed by atoms with E-state index >= 15 is 0 Å². The summed E-state index contributed by atoms with van der Waals surface area (Å²) in [5.41, 5.74) is 6.35. The van der Waals surface area contributed by atoms with Crippen LogP contribution >= 0.6 is 0 Å². The molecule has 0 aliphatic rings. The summed E-state index contributed by atoms with van der Waals surface area (Å²) < 4.78 is 0. The maximum absolute atomic E-state index is 10.2. The zero-order chi connectivity index (χ0) is 15.0. The molecule has 1 aromatic heterocycles. The van der Waals surface area contributed by atoms with Crippen LogP contribution in [-0.4, -0.2) is 27.2 Å². The fourth-order valence-corrected chi connectivity index (χ4v) is 1.70. The van der Waals surface area contributed by atoms with Crippen molar-refractivity contribution in [2.75, 3.05) is 17.6 Å². The fourth-order valence-electron chi connectivity index (χ4n) is 1.70. The van der Waals surface area contributed by atoms with Crippen LogP contribution in [0.3, 0.4) is 0 Å². The van der Waals surface area contributed by atoms with E-state index in [1.165, 1.54) is 0 Å². The van der Waals surface area contributed by atoms with Crippen molar-refractivity contribution >= 4 is 22.5 Å². The molecule has 5 nitrogen and oxygen atoms in total. The third-order valence-electron chi connectivity index (χ3n) is 3.99. The monoisotopic (exact) mass is 274 g/mol. The highest BCUT2D eigenvalue weighted by molar-refractivity contribution is 5.82. The van der Waals surface area contributed by atoms with Gasteiger partial charge in [0.15, 0.2) is 0 Å². The predicted molar refractivity (Wildman–Crippen MR) is 82.5 cm³/mol. The molecule has 2 rings (SSSR count). The van der Waals surface area contributed by atoms with Crippen LogP contribution in [0.2, 0.25) is 0 Å². The standard InChI is InChI=1S/C15H22N4O/c1-14(2,15(3,4)20)9-18-11-5-6-12-10(7-11)8-17-13(16)19-12/h5-8,18,20H,9H2,1-4H3,(H2,16,17,19). The van der Waals surface area contributed by atoms with Crippen molar-refractivity contribution in [2.24, 2.45) is 5.41 Å². The summed E-state index contributed by atoms with van der Waals surface area (Å²) in [5.74, 6) is 0.279. The summed E-state index contributed by atoms with van der Waals surface area (Å²) in [6, 6.07) is 5.84. The molecule has 0 aliphatic heterocycles. The Morgan fingerprint density at radius 2 is 1.95 bits per heavy atom. The SMILES string of the molecule is CC(C)(O)C(C)(C)CNc1ccc2nc(N)ncc2c1. The number of anilines is 2. The Labute approximate surface area is 119 Å². The van der Waals surface area contributed by atoms with E-state index in [4.69, 9.17) is 5.73 Å². The number of hydrogen-bond acceptors (Lipinski definition) is 5. The number of hydrogen-bond donors (Lipinski definition) is 3. The molecular formula is C15H22N4O. The molecule has 0 unspecified atom stereocenters. The molecule has 20 heavy (non-hydrogen) atoms. The molecule has 108 valence electrons. The lowest BCUT2D eigenvalue weighted by Gasteiger charge is -2.37. The highest BCUT2D eigenvalue weighted by Gasteiger charge is 2.34. The first kappa shape index (κ1) is 14.5. The van der Waals surface area contributed by atoms with Crippen LogP contribution in [0.5, 0.6) is 0 Å². The van der Waals surface area contributed by atoms with E-state index in [0.29, 0.717) is 6.54 Å². The van der Waals surface area contributed by atoms with Crippen molar-refractivity contribution in [3.63, 3.8) is 0 Å². The highest BCUT2D eigenvalue weighted by atomic mass is 16.3. The summed E-state index contributed by atoms with van der Waals surface area (Å²) in [6.07, 6.45) is 1.71. The van der Waals surface area contributed by atoms with Gasteiger partial charge in [-0.15, -0.1) is 0 Å². The second-order valence-electron chi connectivity index (χ2n) is 6.30. The molecule has 0 radical (unpaired) electrons. The average Bonchev–Trinajstić information content (AvgIpc) is 2.35. The summed E-state index contributed by atoms with van der Waals surface area (Å²) >= 11 is 0. The smallest absolute Gasteiger partial charge is 0.220 e. The van der Waals surface area contributed by atoms with Gasteiger partial charge in [0.05, 0.1) is 11.1 Å². The van der Waals surface area contributed by atoms with Gasteiger partial charge in [-0.05, 0) is 32.0 Å². The predicted octanol–water partition coefficient (Wildman–Crippen LogP) is 2.42. The van der Waals surface area contributed by atoms with E-state index < -0.39 is 5.60 Å². The normalized spacial score (nSPS) is 12.7. The number of aliphatic hydroxyl groups is 1. The van der Waals surface area contributed by atoms with E-state index in [1.807, 2.05) is 45.9 Å². The van der Waals surface area contributed by atoms with E-state index in [1.54, 1.807) is 6.20 Å². The molecule has 0 amide bonds. The van der Waals surface area contributed by atoms with Gasteiger partial charge in [-0.25, -0.2) is 9.97 Å². The second kappa shape index (κ2) is 4.90. The third kappa shape index (κ3) is 2.99. The van der Waals surface area contributed by atoms with Crippen LogP contribution in [0.4, 0.5) is 11.6 Å². The number of nitrogens with one attached hydrogen (secondary N) is 1. The van der Waals surface area contributed by atoms with Gasteiger partial charge in [0, 0.05) is 29.2 Å². The maximum Gasteiger partial charge on any atom is 0.220 e. The molecule has 5 heteroatoms. The quantitative estimate of drug-likeness (QED) is 0.797. The first-order valence-corrected chi connectivity index (χ1v) is 6.68. The Balaban J connectivity index is 2.17. The minimum atomic E-state index is -0.756. The molecule has 4 N–H and O–H groups in total. The summed E-state index contributed by atoms with van der Waals surface area (Å²) in [4.78, 5) is 8.16. The van der Waals surface area contributed by atoms with Gasteiger partial charge < -0.3 is 16.2 Å². The Bertz CT molecular complexity index is 617. The number of aromatic nitrogens is 2. The third-order valence-corrected chi connectivity index (χ3v) is 3.99. The summed E-state index contributed by atoms with van der Waals surface area (Å²) in [5, 5.41) is 14.4. The second-order valence-corrected chi connectivity index (χ2v) is 6.30. The molecule has 0 fully saturated rings. The van der Waals surface area contributed by atoms with Crippen molar-refractivity contribution in [3.8, 4) is 0 Å². The number of nitrogens with zero attached hydrogens (tertiary/aromatic N) is 2. The molecule has 0 bridgehead atoms. The number of fused-ring (bicyclic) bond motifs is 1. The van der Waals surface area contributed by atoms with Crippen LogP contribution in [0.1, 0.15) is 27.7 Å². The lowest BCUT2D eigenvalue weighted by atomic mass is 9.77. The Kier molecular flexibility index (Phi) is 3.56. The van der Waals surface area contributed by atoms with E-state index in [0.717, 1.165) is 16.6 Å². The van der Waals surface area contributed by atoms with Gasteiger partial charge in [-0.2, -0.15) is 0 Å². The Morgan fingerprint density at radius 3 is 2.60 bits per heavy atom. The van der Waals surface area contributed by atoms with Gasteiger partial charge in [0.2, 0.25) is 5.95 Å². The first-order chi connectivity index (χ1) is 9.19. The van der Waals surface area contributed by atoms with Gasteiger partial charge in [0.25, 0.3) is 0 Å². The highest BCUT2D eigenvalue weighted by Crippen LogP contribution is 2.30. The lowest BCUT2D eigenvalue weighted by Crippen LogP contribution is -2.43. The molecule has 1 aromatic carbocycles. The molecule has 0 saturated carbocycles. The van der Waals surface area contributed by atoms with Crippen molar-refractivity contribution in [2.45, 2.75) is 33.3 Å². The Hall–Kier alpha value is -1.88. The van der Waals surface area contributed by atoms with Crippen LogP contribution < -0.4 is 11.1 Å². The summed E-state index contributed by atoms with van der Waals surface area (Å²) in [6.45, 7) is 8.38. The molecule has 0 atom stereocenters. The van der Waals surface area contributed by atoms with Gasteiger partial charge in [-0.3, -0.25) is 0 Å². The van der Waals surface area contributed by atoms with Gasteiger partial charge in [-0.1, -0.05) is 13.8 Å².